The van der Waals surface area contributed by atoms with Crippen molar-refractivity contribution in [3.8, 4) is 0 Å². The molecule has 1 heterocycles. The summed E-state index contributed by atoms with van der Waals surface area (Å²) in [5.74, 6) is -1.01. The Labute approximate surface area is 117 Å². The zero-order chi connectivity index (χ0) is 15.0. The van der Waals surface area contributed by atoms with Gasteiger partial charge in [0.15, 0.2) is 5.69 Å². The van der Waals surface area contributed by atoms with E-state index in [0.717, 1.165) is 6.42 Å². The molecule has 0 saturated carbocycles. The number of hydrogen-bond acceptors (Lipinski definition) is 6. The van der Waals surface area contributed by atoms with Crippen molar-refractivity contribution in [3.63, 3.8) is 0 Å². The minimum Gasteiger partial charge on any atom is -0.481 e. The minimum atomic E-state index is -0.781. The molecule has 1 atom stereocenters. The quantitative estimate of drug-likeness (QED) is 0.670. The molecule has 2 N–H and O–H groups in total. The number of carbonyl (C=O) groups is 2. The lowest BCUT2D eigenvalue weighted by molar-refractivity contribution is -0.137. The average Bonchev–Trinajstić information content (AvgIpc) is 2.85. The molecule has 0 radical (unpaired) electrons. The zero-order valence-corrected chi connectivity index (χ0v) is 11.7. The third-order valence-electron chi connectivity index (χ3n) is 2.75. The van der Waals surface area contributed by atoms with E-state index >= 15 is 0 Å². The number of rotatable bonds is 9. The highest BCUT2D eigenvalue weighted by Crippen LogP contribution is 2.12. The molecule has 7 nitrogen and oxygen atoms in total. The summed E-state index contributed by atoms with van der Waals surface area (Å²) in [7, 11) is 0. The maximum Gasteiger partial charge on any atom is 0.360 e. The van der Waals surface area contributed by atoms with E-state index in [0.29, 0.717) is 13.0 Å². The number of ether oxygens (including phenoxy) is 1. The van der Waals surface area contributed by atoms with Crippen LogP contribution in [0.1, 0.15) is 43.6 Å². The van der Waals surface area contributed by atoms with Crippen molar-refractivity contribution in [2.75, 3.05) is 18.5 Å². The topological polar surface area (TPSA) is 102 Å². The second-order valence-corrected chi connectivity index (χ2v) is 4.51. The van der Waals surface area contributed by atoms with Gasteiger partial charge in [-0.2, -0.15) is 4.98 Å². The molecule has 20 heavy (non-hydrogen) atoms. The van der Waals surface area contributed by atoms with Gasteiger partial charge in [-0.25, -0.2) is 4.79 Å². The largest absolute Gasteiger partial charge is 0.481 e. The minimum absolute atomic E-state index is 0.133. The molecule has 0 aliphatic rings. The average molecular weight is 284 g/mol. The van der Waals surface area contributed by atoms with E-state index in [2.05, 4.69) is 10.3 Å². The van der Waals surface area contributed by atoms with Crippen molar-refractivity contribution in [1.82, 2.24) is 4.98 Å². The molecule has 1 unspecified atom stereocenters. The summed E-state index contributed by atoms with van der Waals surface area (Å²) in [6.07, 6.45) is 2.85. The maximum absolute atomic E-state index is 11.4. The molecule has 0 fully saturated rings. The normalized spacial score (nSPS) is 11.9. The number of aliphatic carboxylic acids is 1. The van der Waals surface area contributed by atoms with Gasteiger partial charge in [0, 0.05) is 13.0 Å². The number of anilines is 1. The fourth-order valence-electron chi connectivity index (χ4n) is 1.59. The lowest BCUT2D eigenvalue weighted by Gasteiger charge is -2.09. The first-order valence-electron chi connectivity index (χ1n) is 6.61. The molecule has 0 aliphatic carbocycles. The van der Waals surface area contributed by atoms with Crippen LogP contribution in [0, 0.1) is 5.92 Å². The van der Waals surface area contributed by atoms with E-state index in [1.165, 1.54) is 6.26 Å². The van der Waals surface area contributed by atoms with Crippen molar-refractivity contribution >= 4 is 18.0 Å². The predicted molar refractivity (Wildman–Crippen MR) is 71.6 cm³/mol. The van der Waals surface area contributed by atoms with Crippen LogP contribution >= 0.6 is 0 Å². The summed E-state index contributed by atoms with van der Waals surface area (Å²) in [5.41, 5.74) is 0.133. The fraction of sp³-hybridized carbons (Fsp3) is 0.615. The molecule has 0 spiro atoms. The number of nitrogens with zero attached hydrogens (tertiary/aromatic N) is 1. The first kappa shape index (κ1) is 16.0. The molecular weight excluding hydrogens is 264 g/mol. The smallest absolute Gasteiger partial charge is 0.360 e. The number of carboxylic acid groups (broad SMARTS) is 1. The third kappa shape index (κ3) is 5.73. The molecule has 7 heteroatoms. The number of aromatic nitrogens is 1. The van der Waals surface area contributed by atoms with Crippen molar-refractivity contribution < 1.29 is 23.8 Å². The van der Waals surface area contributed by atoms with E-state index in [9.17, 15) is 9.59 Å². The number of carboxylic acids is 1. The van der Waals surface area contributed by atoms with E-state index in [1.807, 2.05) is 6.92 Å². The van der Waals surface area contributed by atoms with Gasteiger partial charge < -0.3 is 19.6 Å². The van der Waals surface area contributed by atoms with Crippen LogP contribution in [0.4, 0.5) is 6.01 Å². The standard InChI is InChI=1S/C13H20N2O5/c1-3-19-12(18)10-8-20-13(15-10)14-7-6-9(2)4-5-11(16)17/h8-9H,3-7H2,1-2H3,(H,14,15)(H,16,17). The van der Waals surface area contributed by atoms with Gasteiger partial charge in [0.2, 0.25) is 0 Å². The fourth-order valence-corrected chi connectivity index (χ4v) is 1.59. The molecule has 0 bridgehead atoms. The highest BCUT2D eigenvalue weighted by atomic mass is 16.5. The van der Waals surface area contributed by atoms with E-state index in [1.54, 1.807) is 6.92 Å². The second-order valence-electron chi connectivity index (χ2n) is 4.51. The van der Waals surface area contributed by atoms with E-state index in [-0.39, 0.29) is 30.7 Å². The van der Waals surface area contributed by atoms with Crippen LogP contribution in [0.15, 0.2) is 10.7 Å². The van der Waals surface area contributed by atoms with Crippen molar-refractivity contribution in [2.24, 2.45) is 5.92 Å². The second kappa shape index (κ2) is 8.19. The maximum atomic E-state index is 11.4. The Morgan fingerprint density at radius 2 is 2.25 bits per heavy atom. The Morgan fingerprint density at radius 3 is 2.90 bits per heavy atom. The van der Waals surface area contributed by atoms with Crippen LogP contribution in [-0.4, -0.2) is 35.2 Å². The van der Waals surface area contributed by atoms with Crippen molar-refractivity contribution in [3.05, 3.63) is 12.0 Å². The molecule has 0 aromatic carbocycles. The molecule has 1 rings (SSSR count). The van der Waals surface area contributed by atoms with Crippen LogP contribution in [0.3, 0.4) is 0 Å². The monoisotopic (exact) mass is 284 g/mol. The SMILES string of the molecule is CCOC(=O)c1coc(NCCC(C)CCC(=O)O)n1. The molecule has 112 valence electrons. The van der Waals surface area contributed by atoms with Gasteiger partial charge in [-0.05, 0) is 25.7 Å². The number of esters is 1. The van der Waals surface area contributed by atoms with Crippen LogP contribution in [0.25, 0.3) is 0 Å². The molecule has 0 amide bonds. The van der Waals surface area contributed by atoms with Crippen LogP contribution in [0.5, 0.6) is 0 Å². The summed E-state index contributed by atoms with van der Waals surface area (Å²) < 4.78 is 9.89. The van der Waals surface area contributed by atoms with Crippen LogP contribution in [0.2, 0.25) is 0 Å². The third-order valence-corrected chi connectivity index (χ3v) is 2.75. The van der Waals surface area contributed by atoms with Gasteiger partial charge >= 0.3 is 11.9 Å². The number of carbonyl (C=O) groups excluding carboxylic acids is 1. The molecule has 1 aromatic rings. The van der Waals surface area contributed by atoms with Crippen LogP contribution < -0.4 is 5.32 Å². The molecule has 1 aromatic heterocycles. The highest BCUT2D eigenvalue weighted by Gasteiger charge is 2.13. The lowest BCUT2D eigenvalue weighted by atomic mass is 10.0. The Hall–Kier alpha value is -2.05. The van der Waals surface area contributed by atoms with Crippen molar-refractivity contribution in [2.45, 2.75) is 33.1 Å². The summed E-state index contributed by atoms with van der Waals surface area (Å²) >= 11 is 0. The summed E-state index contributed by atoms with van der Waals surface area (Å²) in [5, 5.41) is 11.5. The van der Waals surface area contributed by atoms with Gasteiger partial charge in [0.1, 0.15) is 6.26 Å². The Kier molecular flexibility index (Phi) is 6.55. The van der Waals surface area contributed by atoms with Crippen molar-refractivity contribution in [1.29, 1.82) is 0 Å². The van der Waals surface area contributed by atoms with Gasteiger partial charge in [-0.1, -0.05) is 6.92 Å². The molecule has 0 aliphatic heterocycles. The van der Waals surface area contributed by atoms with E-state index in [4.69, 9.17) is 14.3 Å². The molecular formula is C13H20N2O5. The lowest BCUT2D eigenvalue weighted by Crippen LogP contribution is -2.09. The summed E-state index contributed by atoms with van der Waals surface area (Å²) in [6, 6.07) is 0.262. The first-order valence-corrected chi connectivity index (χ1v) is 6.61. The van der Waals surface area contributed by atoms with E-state index < -0.39 is 11.9 Å². The Bertz CT molecular complexity index is 444. The number of nitrogens with one attached hydrogen (secondary N) is 1. The number of oxazole rings is 1. The molecule has 0 saturated heterocycles. The summed E-state index contributed by atoms with van der Waals surface area (Å²) in [4.78, 5) is 25.7. The predicted octanol–water partition coefficient (Wildman–Crippen LogP) is 2.15. The van der Waals surface area contributed by atoms with Gasteiger partial charge in [0.05, 0.1) is 6.61 Å². The zero-order valence-electron chi connectivity index (χ0n) is 11.7. The summed E-state index contributed by atoms with van der Waals surface area (Å²) in [6.45, 7) is 4.60. The van der Waals surface area contributed by atoms with Crippen LogP contribution in [-0.2, 0) is 9.53 Å². The number of hydrogen-bond donors (Lipinski definition) is 2. The highest BCUT2D eigenvalue weighted by molar-refractivity contribution is 5.87. The van der Waals surface area contributed by atoms with Gasteiger partial charge in [-0.15, -0.1) is 0 Å². The van der Waals surface area contributed by atoms with Gasteiger partial charge in [0.25, 0.3) is 6.01 Å². The Morgan fingerprint density at radius 1 is 1.50 bits per heavy atom. The first-order chi connectivity index (χ1) is 9.52. The van der Waals surface area contributed by atoms with Gasteiger partial charge in [-0.3, -0.25) is 4.79 Å². The Balaban J connectivity index is 2.28.